The van der Waals surface area contributed by atoms with Crippen LogP contribution in [-0.4, -0.2) is 49.5 Å². The second-order valence-electron chi connectivity index (χ2n) is 7.03. The van der Waals surface area contributed by atoms with Crippen LogP contribution >= 0.6 is 0 Å². The van der Waals surface area contributed by atoms with Gasteiger partial charge in [-0.15, -0.1) is 0 Å². The van der Waals surface area contributed by atoms with Crippen molar-refractivity contribution in [2.75, 3.05) is 26.3 Å². The SMILES string of the molecule is C=NC1=C(N=C(C)c2cccc(C#N)c2)N(CCC2CCOCC2)CC(=O)N1. The zero-order valence-corrected chi connectivity index (χ0v) is 16.1. The van der Waals surface area contributed by atoms with Crippen molar-refractivity contribution in [3.63, 3.8) is 0 Å². The molecule has 7 heteroatoms. The van der Waals surface area contributed by atoms with E-state index in [-0.39, 0.29) is 12.5 Å². The predicted molar refractivity (Wildman–Crippen MR) is 108 cm³/mol. The van der Waals surface area contributed by atoms with Gasteiger partial charge in [0.25, 0.3) is 0 Å². The first-order valence-corrected chi connectivity index (χ1v) is 9.50. The van der Waals surface area contributed by atoms with Crippen molar-refractivity contribution in [1.29, 1.82) is 5.26 Å². The molecule has 1 saturated heterocycles. The Balaban J connectivity index is 1.84. The maximum Gasteiger partial charge on any atom is 0.245 e. The molecule has 28 heavy (non-hydrogen) atoms. The molecular weight excluding hydrogens is 354 g/mol. The molecule has 0 saturated carbocycles. The average molecular weight is 379 g/mol. The summed E-state index contributed by atoms with van der Waals surface area (Å²) in [4.78, 5) is 22.8. The number of hydrogen-bond acceptors (Lipinski definition) is 6. The Labute approximate surface area is 165 Å². The molecule has 0 atom stereocenters. The summed E-state index contributed by atoms with van der Waals surface area (Å²) in [5.74, 6) is 1.47. The number of benzene rings is 1. The summed E-state index contributed by atoms with van der Waals surface area (Å²) in [6.45, 7) is 8.05. The third kappa shape index (κ3) is 4.84. The van der Waals surface area contributed by atoms with E-state index in [2.05, 4.69) is 23.1 Å². The van der Waals surface area contributed by atoms with E-state index in [4.69, 9.17) is 15.0 Å². The van der Waals surface area contributed by atoms with E-state index in [1.54, 1.807) is 12.1 Å². The van der Waals surface area contributed by atoms with Crippen molar-refractivity contribution in [2.45, 2.75) is 26.2 Å². The van der Waals surface area contributed by atoms with Gasteiger partial charge in [-0.3, -0.25) is 4.79 Å². The topological polar surface area (TPSA) is 90.1 Å². The number of amides is 1. The molecule has 3 rings (SSSR count). The van der Waals surface area contributed by atoms with Gasteiger partial charge in [0.1, 0.15) is 0 Å². The van der Waals surface area contributed by atoms with Crippen molar-refractivity contribution >= 4 is 18.3 Å². The number of nitrogens with zero attached hydrogens (tertiary/aromatic N) is 4. The van der Waals surface area contributed by atoms with Crippen molar-refractivity contribution in [3.05, 3.63) is 47.0 Å². The van der Waals surface area contributed by atoms with E-state index in [1.807, 2.05) is 24.0 Å². The van der Waals surface area contributed by atoms with Gasteiger partial charge in [-0.25, -0.2) is 9.98 Å². The minimum atomic E-state index is -0.113. The van der Waals surface area contributed by atoms with Gasteiger partial charge < -0.3 is 15.0 Å². The summed E-state index contributed by atoms with van der Waals surface area (Å²) in [5, 5.41) is 11.9. The maximum atomic E-state index is 12.1. The van der Waals surface area contributed by atoms with Gasteiger partial charge in [0.2, 0.25) is 5.91 Å². The first-order chi connectivity index (χ1) is 13.6. The molecule has 2 aliphatic heterocycles. The number of carbonyl (C=O) groups is 1. The fourth-order valence-corrected chi connectivity index (χ4v) is 3.46. The minimum Gasteiger partial charge on any atom is -0.381 e. The molecule has 0 unspecified atom stereocenters. The summed E-state index contributed by atoms with van der Waals surface area (Å²) >= 11 is 0. The molecule has 0 radical (unpaired) electrons. The highest BCUT2D eigenvalue weighted by atomic mass is 16.5. The number of carbonyl (C=O) groups excluding carboxylic acids is 1. The van der Waals surface area contributed by atoms with Crippen LogP contribution in [-0.2, 0) is 9.53 Å². The third-order valence-corrected chi connectivity index (χ3v) is 5.09. The number of rotatable bonds is 6. The van der Waals surface area contributed by atoms with Crippen LogP contribution in [0.15, 0.2) is 45.9 Å². The number of aliphatic imine (C=N–C) groups is 2. The lowest BCUT2D eigenvalue weighted by Crippen LogP contribution is -2.43. The monoisotopic (exact) mass is 379 g/mol. The fraction of sp³-hybridized carbons (Fsp3) is 0.429. The zero-order valence-electron chi connectivity index (χ0n) is 16.1. The second-order valence-corrected chi connectivity index (χ2v) is 7.03. The Bertz CT molecular complexity index is 847. The fourth-order valence-electron chi connectivity index (χ4n) is 3.46. The van der Waals surface area contributed by atoms with E-state index in [1.165, 1.54) is 0 Å². The van der Waals surface area contributed by atoms with Crippen molar-refractivity contribution in [1.82, 2.24) is 10.2 Å². The molecule has 1 aromatic rings. The number of nitriles is 1. The van der Waals surface area contributed by atoms with Crippen LogP contribution in [0.4, 0.5) is 0 Å². The lowest BCUT2D eigenvalue weighted by Gasteiger charge is -2.32. The van der Waals surface area contributed by atoms with E-state index in [0.29, 0.717) is 23.1 Å². The van der Waals surface area contributed by atoms with E-state index >= 15 is 0 Å². The first kappa shape index (κ1) is 19.8. The molecule has 0 bridgehead atoms. The second kappa shape index (κ2) is 9.29. The van der Waals surface area contributed by atoms with Gasteiger partial charge in [0.15, 0.2) is 11.6 Å². The number of nitrogens with one attached hydrogen (secondary N) is 1. The van der Waals surface area contributed by atoms with Gasteiger partial charge in [0, 0.05) is 25.5 Å². The highest BCUT2D eigenvalue weighted by Gasteiger charge is 2.26. The van der Waals surface area contributed by atoms with E-state index in [0.717, 1.165) is 50.3 Å². The Morgan fingerprint density at radius 2 is 2.21 bits per heavy atom. The van der Waals surface area contributed by atoms with Gasteiger partial charge in [-0.1, -0.05) is 12.1 Å². The highest BCUT2D eigenvalue weighted by molar-refractivity contribution is 5.99. The lowest BCUT2D eigenvalue weighted by molar-refractivity contribution is -0.122. The molecule has 2 aliphatic rings. The molecule has 0 aliphatic carbocycles. The quantitative estimate of drug-likeness (QED) is 0.769. The van der Waals surface area contributed by atoms with Crippen molar-refractivity contribution in [2.24, 2.45) is 15.9 Å². The Morgan fingerprint density at radius 3 is 2.93 bits per heavy atom. The Hall–Kier alpha value is -2.98. The van der Waals surface area contributed by atoms with Gasteiger partial charge >= 0.3 is 0 Å². The summed E-state index contributed by atoms with van der Waals surface area (Å²) in [6.07, 6.45) is 3.08. The minimum absolute atomic E-state index is 0.113. The smallest absolute Gasteiger partial charge is 0.245 e. The van der Waals surface area contributed by atoms with Crippen molar-refractivity contribution < 1.29 is 9.53 Å². The van der Waals surface area contributed by atoms with Crippen LogP contribution in [0.1, 0.15) is 37.3 Å². The summed E-state index contributed by atoms with van der Waals surface area (Å²) in [7, 11) is 0. The average Bonchev–Trinajstić information content (AvgIpc) is 2.74. The van der Waals surface area contributed by atoms with Gasteiger partial charge in [0.05, 0.1) is 18.2 Å². The molecule has 2 heterocycles. The van der Waals surface area contributed by atoms with Crippen LogP contribution in [0.25, 0.3) is 0 Å². The van der Waals surface area contributed by atoms with E-state index < -0.39 is 0 Å². The molecule has 1 fully saturated rings. The molecule has 1 aromatic carbocycles. The third-order valence-electron chi connectivity index (χ3n) is 5.09. The van der Waals surface area contributed by atoms with Crippen LogP contribution in [0.2, 0.25) is 0 Å². The van der Waals surface area contributed by atoms with Crippen molar-refractivity contribution in [3.8, 4) is 6.07 Å². The zero-order chi connectivity index (χ0) is 19.9. The number of hydrogen-bond donors (Lipinski definition) is 1. The lowest BCUT2D eigenvalue weighted by atomic mass is 9.96. The van der Waals surface area contributed by atoms with Crippen LogP contribution in [0.3, 0.4) is 0 Å². The first-order valence-electron chi connectivity index (χ1n) is 9.50. The predicted octanol–water partition coefficient (Wildman–Crippen LogP) is 2.44. The molecular formula is C21H25N5O2. The summed E-state index contributed by atoms with van der Waals surface area (Å²) < 4.78 is 5.43. The number of ether oxygens (including phenoxy) is 1. The molecule has 1 N–H and O–H groups in total. The molecule has 0 aromatic heterocycles. The molecule has 7 nitrogen and oxygen atoms in total. The standard InChI is InChI=1S/C21H25N5O2/c1-15(18-5-3-4-17(12-18)13-22)24-21-20(23-2)25-19(27)14-26(21)9-6-16-7-10-28-11-8-16/h3-5,12,16H,2,6-11,14H2,1H3,(H,25,27). The highest BCUT2D eigenvalue weighted by Crippen LogP contribution is 2.23. The van der Waals surface area contributed by atoms with Crippen LogP contribution < -0.4 is 5.32 Å². The molecule has 1 amide bonds. The van der Waals surface area contributed by atoms with E-state index in [9.17, 15) is 4.79 Å². The summed E-state index contributed by atoms with van der Waals surface area (Å²) in [5.41, 5.74) is 2.19. The molecule has 0 spiro atoms. The van der Waals surface area contributed by atoms with Gasteiger partial charge in [-0.2, -0.15) is 5.26 Å². The Morgan fingerprint density at radius 1 is 1.43 bits per heavy atom. The maximum absolute atomic E-state index is 12.1. The van der Waals surface area contributed by atoms with Crippen LogP contribution in [0, 0.1) is 17.2 Å². The summed E-state index contributed by atoms with van der Waals surface area (Å²) in [6, 6.07) is 9.45. The van der Waals surface area contributed by atoms with Crippen LogP contribution in [0.5, 0.6) is 0 Å². The largest absolute Gasteiger partial charge is 0.381 e. The molecule has 146 valence electrons. The van der Waals surface area contributed by atoms with Gasteiger partial charge in [-0.05, 0) is 56.5 Å². The normalized spacial score (nSPS) is 18.6. The Kier molecular flexibility index (Phi) is 6.56.